The number of rotatable bonds is 3. The number of benzene rings is 3. The molecule has 0 aliphatic rings. The molecule has 1 aromatic heterocycles. The molecule has 0 bridgehead atoms. The number of hydrogen-bond acceptors (Lipinski definition) is 3. The second-order valence-electron chi connectivity index (χ2n) is 5.93. The number of carbonyl (C=O) groups is 1. The first-order chi connectivity index (χ1) is 12.7. The predicted molar refractivity (Wildman–Crippen MR) is 107 cm³/mol. The largest absolute Gasteiger partial charge is 0.427 e. The van der Waals surface area contributed by atoms with Gasteiger partial charge >= 0.3 is 5.97 Å². The summed E-state index contributed by atoms with van der Waals surface area (Å²) in [7, 11) is -0.363. The van der Waals surface area contributed by atoms with E-state index in [1.54, 1.807) is 6.92 Å². The maximum atomic E-state index is 12.8. The van der Waals surface area contributed by atoms with Gasteiger partial charge in [-0.1, -0.05) is 31.2 Å². The first-order valence-electron chi connectivity index (χ1n) is 8.47. The number of esters is 1. The number of carbonyl (C=O) groups excluding carboxylic acids is 1. The van der Waals surface area contributed by atoms with Crippen LogP contribution in [0.2, 0.25) is 0 Å². The van der Waals surface area contributed by atoms with Crippen LogP contribution in [0.4, 0.5) is 0 Å². The third-order valence-electron chi connectivity index (χ3n) is 4.28. The first kappa shape index (κ1) is 16.5. The summed E-state index contributed by atoms with van der Waals surface area (Å²) in [5.41, 5.74) is 0.0773. The predicted octanol–water partition coefficient (Wildman–Crippen LogP) is 5.41. The Balaban J connectivity index is 1.97. The minimum atomic E-state index is -0.363. The van der Waals surface area contributed by atoms with E-state index in [9.17, 15) is 9.59 Å². The lowest BCUT2D eigenvalue weighted by Crippen LogP contribution is -2.05. The fourth-order valence-electron chi connectivity index (χ4n) is 3.03. The second kappa shape index (κ2) is 6.73. The van der Waals surface area contributed by atoms with E-state index in [4.69, 9.17) is 4.74 Å². The second-order valence-corrected chi connectivity index (χ2v) is 7.89. The van der Waals surface area contributed by atoms with E-state index in [1.165, 1.54) is 0 Å². The average Bonchev–Trinajstić information content (AvgIpc) is 2.69. The van der Waals surface area contributed by atoms with Gasteiger partial charge in [-0.25, -0.2) is 0 Å². The van der Waals surface area contributed by atoms with E-state index in [0.717, 1.165) is 25.1 Å². The first-order valence-corrected chi connectivity index (χ1v) is 9.69. The van der Waals surface area contributed by atoms with Gasteiger partial charge in [0.25, 0.3) is 0 Å². The molecule has 0 saturated heterocycles. The molecule has 4 rings (SSSR count). The van der Waals surface area contributed by atoms with E-state index in [-0.39, 0.29) is 21.9 Å². The lowest BCUT2D eigenvalue weighted by molar-refractivity contribution is -0.134. The van der Waals surface area contributed by atoms with E-state index in [2.05, 4.69) is 0 Å². The molecule has 4 aromatic rings. The minimum absolute atomic E-state index is 0.0773. The molecule has 128 valence electrons. The molecular weight excluding hydrogens is 344 g/mol. The molecular formula is C22H17O3S+. The molecule has 4 heteroatoms. The monoisotopic (exact) mass is 361 g/mol. The molecule has 0 radical (unpaired) electrons. The Bertz CT molecular complexity index is 1110. The lowest BCUT2D eigenvalue weighted by Gasteiger charge is -2.04. The van der Waals surface area contributed by atoms with Gasteiger partial charge in [-0.3, -0.25) is 9.59 Å². The topological polar surface area (TPSA) is 43.4 Å². The van der Waals surface area contributed by atoms with Gasteiger partial charge in [0.05, 0.1) is 10.8 Å². The fourth-order valence-corrected chi connectivity index (χ4v) is 5.37. The molecule has 0 saturated carbocycles. The molecule has 0 fully saturated rings. The molecule has 26 heavy (non-hydrogen) atoms. The molecule has 0 N–H and O–H groups in total. The van der Waals surface area contributed by atoms with Gasteiger partial charge in [0.1, 0.15) is 5.75 Å². The van der Waals surface area contributed by atoms with Gasteiger partial charge in [0.2, 0.25) is 5.43 Å². The third kappa shape index (κ3) is 2.78. The fraction of sp³-hybridized carbons (Fsp3) is 0.0909. The highest BCUT2D eigenvalue weighted by Crippen LogP contribution is 2.43. The number of hydrogen-bond donors (Lipinski definition) is 0. The Morgan fingerprint density at radius 3 is 1.92 bits per heavy atom. The van der Waals surface area contributed by atoms with E-state index < -0.39 is 0 Å². The quantitative estimate of drug-likeness (QED) is 0.212. The van der Waals surface area contributed by atoms with Crippen molar-refractivity contribution in [3.63, 3.8) is 0 Å². The Morgan fingerprint density at radius 2 is 1.38 bits per heavy atom. The van der Waals surface area contributed by atoms with Crippen LogP contribution in [0.3, 0.4) is 0 Å². The normalized spacial score (nSPS) is 11.0. The van der Waals surface area contributed by atoms with Crippen LogP contribution < -0.4 is 10.2 Å². The smallest absolute Gasteiger partial charge is 0.310 e. The molecule has 0 aliphatic heterocycles. The van der Waals surface area contributed by atoms with Crippen LogP contribution in [0.5, 0.6) is 5.75 Å². The highest BCUT2D eigenvalue weighted by Gasteiger charge is 2.22. The van der Waals surface area contributed by atoms with Crippen molar-refractivity contribution in [3.05, 3.63) is 83.0 Å². The summed E-state index contributed by atoms with van der Waals surface area (Å²) < 4.78 is 7.35. The summed E-state index contributed by atoms with van der Waals surface area (Å²) in [6.45, 7) is 1.77. The Morgan fingerprint density at radius 1 is 0.846 bits per heavy atom. The van der Waals surface area contributed by atoms with E-state index in [0.29, 0.717) is 12.2 Å². The van der Waals surface area contributed by atoms with Crippen LogP contribution in [0, 0.1) is 0 Å². The molecule has 3 aromatic carbocycles. The lowest BCUT2D eigenvalue weighted by atomic mass is 10.2. The molecule has 3 nitrogen and oxygen atoms in total. The van der Waals surface area contributed by atoms with Crippen LogP contribution in [0.1, 0.15) is 13.3 Å². The van der Waals surface area contributed by atoms with Crippen LogP contribution in [0.15, 0.2) is 77.6 Å². The van der Waals surface area contributed by atoms with Crippen molar-refractivity contribution in [1.82, 2.24) is 0 Å². The molecule has 1 heterocycles. The van der Waals surface area contributed by atoms with Crippen molar-refractivity contribution in [1.29, 1.82) is 0 Å². The molecule has 0 atom stereocenters. The average molecular weight is 361 g/mol. The van der Waals surface area contributed by atoms with E-state index >= 15 is 0 Å². The van der Waals surface area contributed by atoms with Crippen molar-refractivity contribution < 1.29 is 9.53 Å². The maximum Gasteiger partial charge on any atom is 0.310 e. The summed E-state index contributed by atoms with van der Waals surface area (Å²) in [5.74, 6) is 0.290. The van der Waals surface area contributed by atoms with Crippen molar-refractivity contribution in [3.8, 4) is 10.6 Å². The van der Waals surface area contributed by atoms with Gasteiger partial charge in [-0.2, -0.15) is 0 Å². The van der Waals surface area contributed by atoms with Crippen LogP contribution >= 0.6 is 10.5 Å². The molecule has 0 unspecified atom stereocenters. The summed E-state index contributed by atoms with van der Waals surface area (Å²) in [6, 6.07) is 23.2. The zero-order valence-corrected chi connectivity index (χ0v) is 15.1. The Labute approximate surface area is 153 Å². The maximum absolute atomic E-state index is 12.8. The Kier molecular flexibility index (Phi) is 4.27. The highest BCUT2D eigenvalue weighted by molar-refractivity contribution is 7.49. The van der Waals surface area contributed by atoms with Gasteiger partial charge in [0, 0.05) is 29.0 Å². The van der Waals surface area contributed by atoms with Gasteiger partial charge < -0.3 is 4.74 Å². The summed E-state index contributed by atoms with van der Waals surface area (Å²) in [6.07, 6.45) is 0.342. The van der Waals surface area contributed by atoms with Crippen LogP contribution in [-0.4, -0.2) is 5.97 Å². The minimum Gasteiger partial charge on any atom is -0.427 e. The summed E-state index contributed by atoms with van der Waals surface area (Å²) in [4.78, 5) is 25.4. The zero-order chi connectivity index (χ0) is 18.1. The van der Waals surface area contributed by atoms with Gasteiger partial charge in [-0.05, 0) is 36.4 Å². The molecule has 0 spiro atoms. The van der Waals surface area contributed by atoms with Crippen molar-refractivity contribution in [2.24, 2.45) is 0 Å². The molecule has 0 aliphatic carbocycles. The SMILES string of the molecule is CCC(=O)Oc1ccc(-[s+]2c3ccccc3c(=O)c3ccccc32)cc1. The standard InChI is InChI=1S/C22H17O3S/c1-2-21(23)25-15-11-13-16(14-12-15)26-19-9-5-3-7-17(19)22(24)18-8-4-6-10-20(18)26/h3-14H,2H2,1H3/q+1. The number of ether oxygens (including phenoxy) is 1. The summed E-state index contributed by atoms with van der Waals surface area (Å²) in [5, 5.41) is 1.52. The highest BCUT2D eigenvalue weighted by atomic mass is 32.2. The molecule has 0 amide bonds. The van der Waals surface area contributed by atoms with Crippen molar-refractivity contribution in [2.45, 2.75) is 13.3 Å². The summed E-state index contributed by atoms with van der Waals surface area (Å²) >= 11 is 0. The van der Waals surface area contributed by atoms with E-state index in [1.807, 2.05) is 72.8 Å². The zero-order valence-electron chi connectivity index (χ0n) is 14.3. The van der Waals surface area contributed by atoms with Gasteiger partial charge in [-0.15, -0.1) is 0 Å². The number of fused-ring (bicyclic) bond motifs is 2. The van der Waals surface area contributed by atoms with Crippen molar-refractivity contribution >= 4 is 36.6 Å². The van der Waals surface area contributed by atoms with Gasteiger partial charge in [0.15, 0.2) is 14.3 Å². The van der Waals surface area contributed by atoms with Crippen LogP contribution in [0.25, 0.3) is 25.1 Å². The third-order valence-corrected chi connectivity index (χ3v) is 6.62. The van der Waals surface area contributed by atoms with Crippen LogP contribution in [-0.2, 0) is 4.79 Å². The Hall–Kier alpha value is -2.98. The van der Waals surface area contributed by atoms with Crippen molar-refractivity contribution in [2.75, 3.05) is 0 Å².